The van der Waals surface area contributed by atoms with E-state index in [1.807, 2.05) is 6.07 Å². The molecule has 0 aliphatic carbocycles. The number of hydrogen-bond acceptors (Lipinski definition) is 3. The van der Waals surface area contributed by atoms with Gasteiger partial charge in [-0.3, -0.25) is 0 Å². The van der Waals surface area contributed by atoms with Crippen molar-refractivity contribution in [3.8, 4) is 17.0 Å². The average molecular weight is 380 g/mol. The molecule has 1 aliphatic heterocycles. The Kier molecular flexibility index (Phi) is 2.55. The fraction of sp³-hybridized carbons (Fsp3) is 0.143. The van der Waals surface area contributed by atoms with Gasteiger partial charge in [0.15, 0.2) is 0 Å². The van der Waals surface area contributed by atoms with Crippen LogP contribution in [0.25, 0.3) is 22.0 Å². The molecule has 1 aromatic heterocycles. The van der Waals surface area contributed by atoms with Crippen LogP contribution in [-0.4, -0.2) is 23.9 Å². The number of aromatic nitrogens is 2. The summed E-state index contributed by atoms with van der Waals surface area (Å²) in [6, 6.07) is 10.4. The van der Waals surface area contributed by atoms with Crippen LogP contribution in [0.3, 0.4) is 0 Å². The second kappa shape index (κ2) is 4.17. The van der Waals surface area contributed by atoms with Crippen LogP contribution in [0.15, 0.2) is 34.8 Å². The fourth-order valence-electron chi connectivity index (χ4n) is 2.50. The zero-order valence-corrected chi connectivity index (χ0v) is 13.4. The second-order valence-corrected chi connectivity index (χ2v) is 7.11. The molecule has 0 amide bonds. The van der Waals surface area contributed by atoms with Crippen LogP contribution in [0.5, 0.6) is 5.75 Å². The first-order valence-corrected chi connectivity index (χ1v) is 8.37. The molecule has 2 aromatic carbocycles. The van der Waals surface area contributed by atoms with Crippen LogP contribution >= 0.6 is 15.9 Å². The van der Waals surface area contributed by atoms with E-state index in [2.05, 4.69) is 56.3 Å². The predicted molar refractivity (Wildman–Crippen MR) is 78.7 cm³/mol. The third-order valence-corrected chi connectivity index (χ3v) is 5.72. The van der Waals surface area contributed by atoms with Crippen molar-refractivity contribution in [2.75, 3.05) is 0 Å². The number of hydrogen-bond donors (Lipinski definition) is 0. The molecule has 19 heavy (non-hydrogen) atoms. The molecule has 1 unspecified atom stereocenters. The topological polar surface area (TPSA) is 35.0 Å². The molecule has 0 fully saturated rings. The SMILES string of the molecule is CC1Oc2ccc3cc(Br)ccc3c2-c2nn[se]c21. The predicted octanol–water partition coefficient (Wildman–Crippen LogP) is 3.57. The first-order valence-electron chi connectivity index (χ1n) is 5.95. The summed E-state index contributed by atoms with van der Waals surface area (Å²) in [7, 11) is 0. The Balaban J connectivity index is 2.12. The third kappa shape index (κ3) is 1.69. The molecule has 0 radical (unpaired) electrons. The van der Waals surface area contributed by atoms with Crippen molar-refractivity contribution in [3.05, 3.63) is 39.2 Å². The van der Waals surface area contributed by atoms with E-state index in [1.54, 1.807) is 0 Å². The molecule has 0 N–H and O–H groups in total. The van der Waals surface area contributed by atoms with E-state index in [1.165, 1.54) is 15.2 Å². The minimum absolute atomic E-state index is 0.0873. The van der Waals surface area contributed by atoms with E-state index in [0.717, 1.165) is 21.5 Å². The van der Waals surface area contributed by atoms with E-state index in [4.69, 9.17) is 4.74 Å². The third-order valence-electron chi connectivity index (χ3n) is 3.37. The van der Waals surface area contributed by atoms with Gasteiger partial charge in [0.2, 0.25) is 0 Å². The molecule has 3 aromatic rings. The van der Waals surface area contributed by atoms with Gasteiger partial charge in [-0.2, -0.15) is 0 Å². The van der Waals surface area contributed by atoms with Gasteiger partial charge in [0.05, 0.1) is 0 Å². The summed E-state index contributed by atoms with van der Waals surface area (Å²) in [5, 5.41) is 6.73. The summed E-state index contributed by atoms with van der Waals surface area (Å²) >= 11 is 3.60. The van der Waals surface area contributed by atoms with E-state index in [0.29, 0.717) is 0 Å². The molecule has 3 nitrogen and oxygen atoms in total. The molecule has 94 valence electrons. The zero-order valence-electron chi connectivity index (χ0n) is 10.1. The quantitative estimate of drug-likeness (QED) is 0.560. The molecule has 2 heterocycles. The van der Waals surface area contributed by atoms with Crippen LogP contribution in [0.4, 0.5) is 0 Å². The molecule has 1 atom stereocenters. The summed E-state index contributed by atoms with van der Waals surface area (Å²) in [5.74, 6) is 0.915. The summed E-state index contributed by atoms with van der Waals surface area (Å²) < 4.78 is 12.6. The van der Waals surface area contributed by atoms with E-state index >= 15 is 0 Å². The molecule has 0 bridgehead atoms. The van der Waals surface area contributed by atoms with Crippen molar-refractivity contribution >= 4 is 41.4 Å². The van der Waals surface area contributed by atoms with Crippen molar-refractivity contribution in [1.82, 2.24) is 9.19 Å². The number of halogens is 1. The second-order valence-electron chi connectivity index (χ2n) is 4.55. The normalized spacial score (nSPS) is 16.8. The van der Waals surface area contributed by atoms with Gasteiger partial charge in [-0.15, -0.1) is 0 Å². The van der Waals surface area contributed by atoms with Crippen LogP contribution in [0.1, 0.15) is 17.5 Å². The Bertz CT molecular complexity index is 799. The standard InChI is InChI=1S/C14H9BrN2OSe/c1-7-14-13(16-17-19-14)12-10-4-3-9(15)6-8(10)2-5-11(12)18-7/h2-7H,1H3. The van der Waals surface area contributed by atoms with Crippen LogP contribution < -0.4 is 4.74 Å². The maximum atomic E-state index is 6.01. The van der Waals surface area contributed by atoms with Gasteiger partial charge in [-0.05, 0) is 0 Å². The number of rotatable bonds is 0. The number of nitrogens with zero attached hydrogens (tertiary/aromatic N) is 2. The summed E-state index contributed by atoms with van der Waals surface area (Å²) in [6.07, 6.45) is 0.0883. The van der Waals surface area contributed by atoms with Gasteiger partial charge < -0.3 is 0 Å². The van der Waals surface area contributed by atoms with Gasteiger partial charge in [-0.1, -0.05) is 0 Å². The van der Waals surface area contributed by atoms with Crippen molar-refractivity contribution in [2.45, 2.75) is 13.0 Å². The van der Waals surface area contributed by atoms with Gasteiger partial charge in [-0.25, -0.2) is 0 Å². The van der Waals surface area contributed by atoms with Crippen LogP contribution in [0, 0.1) is 0 Å². The number of fused-ring (bicyclic) bond motifs is 5. The molecule has 5 heteroatoms. The van der Waals surface area contributed by atoms with Crippen molar-refractivity contribution in [2.24, 2.45) is 0 Å². The van der Waals surface area contributed by atoms with Crippen LogP contribution in [0.2, 0.25) is 0 Å². The number of benzene rings is 2. The molecule has 1 aliphatic rings. The molecule has 4 rings (SSSR count). The van der Waals surface area contributed by atoms with Crippen molar-refractivity contribution in [3.63, 3.8) is 0 Å². The van der Waals surface area contributed by atoms with E-state index in [-0.39, 0.29) is 20.8 Å². The minimum atomic E-state index is 0.0873. The van der Waals surface area contributed by atoms with Gasteiger partial charge in [0, 0.05) is 0 Å². The van der Waals surface area contributed by atoms with Gasteiger partial charge in [0.1, 0.15) is 0 Å². The Morgan fingerprint density at radius 3 is 3.05 bits per heavy atom. The molecule has 0 spiro atoms. The Labute approximate surface area is 124 Å². The summed E-state index contributed by atoms with van der Waals surface area (Å²) in [4.78, 5) is 0. The van der Waals surface area contributed by atoms with Crippen LogP contribution in [-0.2, 0) is 0 Å². The molecule has 0 saturated heterocycles. The first kappa shape index (κ1) is 11.6. The Hall–Kier alpha value is -1.16. The fourth-order valence-corrected chi connectivity index (χ4v) is 4.22. The zero-order chi connectivity index (χ0) is 13.0. The van der Waals surface area contributed by atoms with E-state index in [9.17, 15) is 0 Å². The van der Waals surface area contributed by atoms with Crippen molar-refractivity contribution < 1.29 is 4.74 Å². The number of ether oxygens (including phenoxy) is 1. The van der Waals surface area contributed by atoms with Gasteiger partial charge in [0.25, 0.3) is 0 Å². The molecule has 0 saturated carbocycles. The van der Waals surface area contributed by atoms with Gasteiger partial charge >= 0.3 is 125 Å². The maximum absolute atomic E-state index is 6.01. The summed E-state index contributed by atoms with van der Waals surface area (Å²) in [6.45, 7) is 2.07. The first-order chi connectivity index (χ1) is 9.24. The average Bonchev–Trinajstić information content (AvgIpc) is 2.88. The summed E-state index contributed by atoms with van der Waals surface area (Å²) in [5.41, 5.74) is 2.13. The van der Waals surface area contributed by atoms with E-state index < -0.39 is 0 Å². The molecular formula is C14H9BrN2OSe. The Morgan fingerprint density at radius 2 is 2.16 bits per heavy atom. The van der Waals surface area contributed by atoms with Crippen molar-refractivity contribution in [1.29, 1.82) is 0 Å². The Morgan fingerprint density at radius 1 is 1.26 bits per heavy atom. The monoisotopic (exact) mass is 380 g/mol. The molecular weight excluding hydrogens is 371 g/mol.